The number of unbranched alkanes of at least 4 members (excludes halogenated alkanes) is 24. The Balaban J connectivity index is 1.69. The van der Waals surface area contributed by atoms with Crippen molar-refractivity contribution >= 4 is 5.91 Å². The number of hydrogen-bond donors (Lipinski definition) is 9. The molecule has 76 heavy (non-hydrogen) atoms. The number of ether oxygens (including phenoxy) is 4. The zero-order valence-corrected chi connectivity index (χ0v) is 47.2. The third-order valence-electron chi connectivity index (χ3n) is 14.4. The number of carbonyl (C=O) groups excluding carboxylic acids is 1. The maximum Gasteiger partial charge on any atom is 0.220 e. The summed E-state index contributed by atoms with van der Waals surface area (Å²) in [5, 5.41) is 87.0. The van der Waals surface area contributed by atoms with Crippen LogP contribution >= 0.6 is 0 Å². The molecule has 0 saturated carbocycles. The average molecular weight is 1080 g/mol. The van der Waals surface area contributed by atoms with Crippen LogP contribution in [0, 0.1) is 0 Å². The molecular formula is C62H109NO13. The highest BCUT2D eigenvalue weighted by Crippen LogP contribution is 2.30. The third kappa shape index (κ3) is 32.5. The van der Waals surface area contributed by atoms with Crippen LogP contribution in [-0.2, 0) is 23.7 Å². The van der Waals surface area contributed by atoms with Gasteiger partial charge < -0.3 is 65.1 Å². The highest BCUT2D eigenvalue weighted by atomic mass is 16.7. The van der Waals surface area contributed by atoms with Crippen molar-refractivity contribution in [1.82, 2.24) is 5.32 Å². The van der Waals surface area contributed by atoms with Crippen LogP contribution < -0.4 is 5.32 Å². The zero-order chi connectivity index (χ0) is 55.3. The Hall–Kier alpha value is -2.57. The standard InChI is InChI=1S/C62H109NO13/c1-3-5-7-9-11-13-15-17-18-19-20-21-22-23-24-25-26-27-28-29-30-31-32-34-36-38-40-42-44-46-54(67)63-50(51(66)45-43-41-39-37-35-33-16-14-12-10-8-6-4-2)49-73-61-59(72)57(70)60(53(48-65)75-61)76-62-58(71)56(69)55(68)52(47-64)74-62/h5,7,11,13,17-18,20-21,23-24,43,45,50-53,55-62,64-66,68-72H,3-4,6,8-10,12,14-16,19,22,25-42,44,46-49H2,1-2H3,(H,63,67)/b7-5-,13-11-,18-17-,21-20-,24-23-,45-43+. The summed E-state index contributed by atoms with van der Waals surface area (Å²) in [4.78, 5) is 13.2. The first-order valence-corrected chi connectivity index (χ1v) is 30.2. The van der Waals surface area contributed by atoms with Gasteiger partial charge in [0.2, 0.25) is 5.91 Å². The first-order chi connectivity index (χ1) is 37.1. The number of aliphatic hydroxyl groups excluding tert-OH is 8. The molecule has 14 heteroatoms. The van der Waals surface area contributed by atoms with Crippen molar-refractivity contribution in [1.29, 1.82) is 0 Å². The quantitative estimate of drug-likeness (QED) is 0.0204. The molecule has 2 aliphatic rings. The van der Waals surface area contributed by atoms with Gasteiger partial charge in [-0.1, -0.05) is 222 Å². The van der Waals surface area contributed by atoms with Crippen LogP contribution in [0.15, 0.2) is 72.9 Å². The monoisotopic (exact) mass is 1080 g/mol. The van der Waals surface area contributed by atoms with Crippen molar-refractivity contribution in [2.75, 3.05) is 19.8 Å². The lowest BCUT2D eigenvalue weighted by atomic mass is 9.97. The van der Waals surface area contributed by atoms with Gasteiger partial charge in [0.25, 0.3) is 0 Å². The number of amides is 1. The van der Waals surface area contributed by atoms with E-state index in [1.54, 1.807) is 6.08 Å². The van der Waals surface area contributed by atoms with E-state index in [0.717, 1.165) is 77.0 Å². The lowest BCUT2D eigenvalue weighted by molar-refractivity contribution is -0.359. The molecule has 14 nitrogen and oxygen atoms in total. The molecule has 2 aliphatic heterocycles. The molecule has 12 atom stereocenters. The van der Waals surface area contributed by atoms with E-state index in [2.05, 4.69) is 79.9 Å². The fourth-order valence-electron chi connectivity index (χ4n) is 9.55. The Labute approximate surface area is 459 Å². The predicted octanol–water partition coefficient (Wildman–Crippen LogP) is 10.3. The lowest BCUT2D eigenvalue weighted by Crippen LogP contribution is -2.65. The van der Waals surface area contributed by atoms with Crippen LogP contribution in [-0.4, -0.2) is 140 Å². The summed E-state index contributed by atoms with van der Waals surface area (Å²) in [5.41, 5.74) is 0. The molecule has 2 rings (SSSR count). The van der Waals surface area contributed by atoms with E-state index in [1.807, 2.05) is 6.08 Å². The van der Waals surface area contributed by atoms with Gasteiger partial charge in [0.15, 0.2) is 12.6 Å². The normalized spacial score (nSPS) is 25.4. The summed E-state index contributed by atoms with van der Waals surface area (Å²) in [6, 6.07) is -0.917. The molecule has 0 spiro atoms. The molecule has 2 heterocycles. The minimum absolute atomic E-state index is 0.244. The van der Waals surface area contributed by atoms with Gasteiger partial charge in [0, 0.05) is 6.42 Å². The third-order valence-corrected chi connectivity index (χ3v) is 14.4. The number of carbonyl (C=O) groups is 1. The van der Waals surface area contributed by atoms with E-state index >= 15 is 0 Å². The average Bonchev–Trinajstić information content (AvgIpc) is 3.42. The van der Waals surface area contributed by atoms with Crippen LogP contribution in [0.2, 0.25) is 0 Å². The smallest absolute Gasteiger partial charge is 0.220 e. The van der Waals surface area contributed by atoms with Gasteiger partial charge in [-0.25, -0.2) is 0 Å². The van der Waals surface area contributed by atoms with Crippen molar-refractivity contribution in [3.05, 3.63) is 72.9 Å². The molecule has 0 aromatic carbocycles. The van der Waals surface area contributed by atoms with Crippen molar-refractivity contribution in [3.63, 3.8) is 0 Å². The second-order valence-electron chi connectivity index (χ2n) is 21.1. The highest BCUT2D eigenvalue weighted by molar-refractivity contribution is 5.76. The SMILES string of the molecule is CC/C=C\C/C=C\C/C=C\C/C=C\C/C=C\CCCCCCCCCCCCCCCC(=O)NC(COC1OC(CO)C(OC2OC(CO)C(O)C(O)C2O)C(O)C1O)C(O)/C=C/CCCCCCCCCCCCC. The number of allylic oxidation sites excluding steroid dienone is 11. The second-order valence-corrected chi connectivity index (χ2v) is 21.1. The van der Waals surface area contributed by atoms with Crippen molar-refractivity contribution < 1.29 is 64.6 Å². The van der Waals surface area contributed by atoms with Crippen LogP contribution in [0.3, 0.4) is 0 Å². The zero-order valence-electron chi connectivity index (χ0n) is 47.2. The second kappa shape index (κ2) is 47.3. The molecule has 1 amide bonds. The first-order valence-electron chi connectivity index (χ1n) is 30.2. The molecule has 9 N–H and O–H groups in total. The molecule has 0 aromatic heterocycles. The van der Waals surface area contributed by atoms with Crippen LogP contribution in [0.25, 0.3) is 0 Å². The van der Waals surface area contributed by atoms with E-state index in [-0.39, 0.29) is 18.9 Å². The molecule has 2 fully saturated rings. The Morgan fingerprint density at radius 2 is 0.908 bits per heavy atom. The molecule has 2 saturated heterocycles. The Morgan fingerprint density at radius 3 is 1.39 bits per heavy atom. The fourth-order valence-corrected chi connectivity index (χ4v) is 9.55. The number of hydrogen-bond acceptors (Lipinski definition) is 13. The fraction of sp³-hybridized carbons (Fsp3) is 0.790. The number of aliphatic hydroxyl groups is 8. The molecule has 12 unspecified atom stereocenters. The largest absolute Gasteiger partial charge is 0.394 e. The summed E-state index contributed by atoms with van der Waals surface area (Å²) in [6.45, 7) is 2.67. The molecular weight excluding hydrogens is 967 g/mol. The molecule has 0 aromatic rings. The number of rotatable bonds is 47. The van der Waals surface area contributed by atoms with E-state index in [0.29, 0.717) is 6.42 Å². The van der Waals surface area contributed by atoms with E-state index < -0.39 is 86.8 Å². The van der Waals surface area contributed by atoms with Crippen molar-refractivity contribution in [2.24, 2.45) is 0 Å². The van der Waals surface area contributed by atoms with Crippen LogP contribution in [0.1, 0.15) is 219 Å². The van der Waals surface area contributed by atoms with Crippen molar-refractivity contribution in [2.45, 2.75) is 293 Å². The van der Waals surface area contributed by atoms with Crippen molar-refractivity contribution in [3.8, 4) is 0 Å². The Bertz CT molecular complexity index is 1550. The van der Waals surface area contributed by atoms with Gasteiger partial charge in [-0.3, -0.25) is 4.79 Å². The summed E-state index contributed by atoms with van der Waals surface area (Å²) >= 11 is 0. The lowest BCUT2D eigenvalue weighted by Gasteiger charge is -2.46. The van der Waals surface area contributed by atoms with Crippen LogP contribution in [0.4, 0.5) is 0 Å². The van der Waals surface area contributed by atoms with E-state index in [4.69, 9.17) is 18.9 Å². The minimum atomic E-state index is -1.79. The Kier molecular flexibility index (Phi) is 43.2. The molecule has 0 bridgehead atoms. The highest BCUT2D eigenvalue weighted by Gasteiger charge is 2.51. The Morgan fingerprint density at radius 1 is 0.487 bits per heavy atom. The van der Waals surface area contributed by atoms with Gasteiger partial charge in [0.1, 0.15) is 48.8 Å². The molecule has 0 aliphatic carbocycles. The van der Waals surface area contributed by atoms with E-state index in [1.165, 1.54) is 116 Å². The molecule has 0 radical (unpaired) electrons. The van der Waals surface area contributed by atoms with Gasteiger partial charge in [-0.05, 0) is 64.2 Å². The number of nitrogens with one attached hydrogen (secondary N) is 1. The minimum Gasteiger partial charge on any atom is -0.394 e. The first kappa shape index (κ1) is 69.5. The topological polar surface area (TPSA) is 228 Å². The van der Waals surface area contributed by atoms with Gasteiger partial charge in [-0.15, -0.1) is 0 Å². The maximum absolute atomic E-state index is 13.2. The maximum atomic E-state index is 13.2. The van der Waals surface area contributed by atoms with E-state index in [9.17, 15) is 45.6 Å². The van der Waals surface area contributed by atoms with Gasteiger partial charge in [-0.2, -0.15) is 0 Å². The summed E-state index contributed by atoms with van der Waals surface area (Å²) in [7, 11) is 0. The predicted molar refractivity (Wildman–Crippen MR) is 304 cm³/mol. The summed E-state index contributed by atoms with van der Waals surface area (Å²) in [6.07, 6.45) is 45.1. The summed E-state index contributed by atoms with van der Waals surface area (Å²) in [5.74, 6) is -0.244. The van der Waals surface area contributed by atoms with Gasteiger partial charge in [0.05, 0.1) is 32.0 Å². The van der Waals surface area contributed by atoms with Crippen LogP contribution in [0.5, 0.6) is 0 Å². The van der Waals surface area contributed by atoms with Gasteiger partial charge >= 0.3 is 0 Å². The molecule has 440 valence electrons. The summed E-state index contributed by atoms with van der Waals surface area (Å²) < 4.78 is 22.8.